The molecule has 0 bridgehead atoms. The van der Waals surface area contributed by atoms with Crippen molar-refractivity contribution >= 4 is 11.8 Å². The second-order valence-corrected chi connectivity index (χ2v) is 5.13. The molecule has 1 aliphatic carbocycles. The van der Waals surface area contributed by atoms with Crippen LogP contribution in [0.15, 0.2) is 0 Å². The summed E-state index contributed by atoms with van der Waals surface area (Å²) < 4.78 is 10.3. The highest BCUT2D eigenvalue weighted by molar-refractivity contribution is 5.90. The van der Waals surface area contributed by atoms with Crippen LogP contribution in [0.1, 0.15) is 52.4 Å². The van der Waals surface area contributed by atoms with Gasteiger partial charge in [0.15, 0.2) is 5.78 Å². The van der Waals surface area contributed by atoms with Crippen LogP contribution in [0.4, 0.5) is 0 Å². The van der Waals surface area contributed by atoms with Gasteiger partial charge in [-0.15, -0.1) is 0 Å². The van der Waals surface area contributed by atoms with E-state index < -0.39 is 5.60 Å². The third-order valence-electron chi connectivity index (χ3n) is 3.72. The molecular formula is C14H24O4. The Kier molecular flexibility index (Phi) is 5.79. The quantitative estimate of drug-likeness (QED) is 0.685. The highest BCUT2D eigenvalue weighted by atomic mass is 16.5. The molecule has 1 fully saturated rings. The first-order valence-corrected chi connectivity index (χ1v) is 6.78. The van der Waals surface area contributed by atoms with E-state index in [1.807, 2.05) is 0 Å². The van der Waals surface area contributed by atoms with Gasteiger partial charge in [0.25, 0.3) is 0 Å². The minimum Gasteiger partial charge on any atom is -0.466 e. The number of carbonyl (C=O) groups is 2. The fourth-order valence-corrected chi connectivity index (χ4v) is 2.73. The molecule has 0 aromatic rings. The zero-order valence-corrected chi connectivity index (χ0v) is 11.7. The number of ketones is 1. The molecule has 0 radical (unpaired) electrons. The summed E-state index contributed by atoms with van der Waals surface area (Å²) in [4.78, 5) is 23.5. The Balaban J connectivity index is 2.54. The largest absolute Gasteiger partial charge is 0.466 e. The van der Waals surface area contributed by atoms with Gasteiger partial charge in [0.05, 0.1) is 13.0 Å². The second kappa shape index (κ2) is 6.88. The lowest BCUT2D eigenvalue weighted by Gasteiger charge is -2.37. The molecule has 4 nitrogen and oxygen atoms in total. The first-order chi connectivity index (χ1) is 8.54. The van der Waals surface area contributed by atoms with Crippen LogP contribution in [0.3, 0.4) is 0 Å². The van der Waals surface area contributed by atoms with E-state index in [0.717, 1.165) is 25.7 Å². The predicted molar refractivity (Wildman–Crippen MR) is 68.2 cm³/mol. The highest BCUT2D eigenvalue weighted by Crippen LogP contribution is 2.36. The van der Waals surface area contributed by atoms with Gasteiger partial charge in [-0.3, -0.25) is 9.59 Å². The molecule has 1 aliphatic rings. The number of ether oxygens (including phenoxy) is 2. The summed E-state index contributed by atoms with van der Waals surface area (Å²) in [5, 5.41) is 0. The van der Waals surface area contributed by atoms with E-state index in [2.05, 4.69) is 6.92 Å². The molecule has 0 heterocycles. The number of Topliss-reactive ketones (excluding diaryl/α,β-unsaturated/α-hetero) is 1. The molecule has 0 amide bonds. The van der Waals surface area contributed by atoms with Crippen LogP contribution in [0.25, 0.3) is 0 Å². The minimum atomic E-state index is -0.663. The summed E-state index contributed by atoms with van der Waals surface area (Å²) in [6.45, 7) is 4.27. The van der Waals surface area contributed by atoms with Crippen molar-refractivity contribution in [1.82, 2.24) is 0 Å². The lowest BCUT2D eigenvalue weighted by atomic mass is 9.75. The van der Waals surface area contributed by atoms with Crippen molar-refractivity contribution in [3.05, 3.63) is 0 Å². The smallest absolute Gasteiger partial charge is 0.306 e. The van der Waals surface area contributed by atoms with Crippen LogP contribution in [0.2, 0.25) is 0 Å². The van der Waals surface area contributed by atoms with Gasteiger partial charge in [-0.1, -0.05) is 13.3 Å². The normalized spacial score (nSPS) is 27.8. The average molecular weight is 256 g/mol. The molecular weight excluding hydrogens is 232 g/mol. The van der Waals surface area contributed by atoms with E-state index in [4.69, 9.17) is 9.47 Å². The monoisotopic (exact) mass is 256 g/mol. The standard InChI is InChI=1S/C14H24O4/c1-4-18-13(16)8-7-12(15)14(17-3)9-5-6-11(2)10-14/h11H,4-10H2,1-3H3. The number of hydrogen-bond acceptors (Lipinski definition) is 4. The van der Waals surface area contributed by atoms with Crippen molar-refractivity contribution in [2.45, 2.75) is 58.0 Å². The van der Waals surface area contributed by atoms with Gasteiger partial charge in [-0.2, -0.15) is 0 Å². The fraction of sp³-hybridized carbons (Fsp3) is 0.857. The molecule has 4 heteroatoms. The molecule has 0 aromatic heterocycles. The molecule has 1 rings (SSSR count). The van der Waals surface area contributed by atoms with Crippen molar-refractivity contribution in [1.29, 1.82) is 0 Å². The molecule has 2 atom stereocenters. The third kappa shape index (κ3) is 3.80. The van der Waals surface area contributed by atoms with Gasteiger partial charge < -0.3 is 9.47 Å². The van der Waals surface area contributed by atoms with Gasteiger partial charge in [-0.25, -0.2) is 0 Å². The Morgan fingerprint density at radius 1 is 1.33 bits per heavy atom. The van der Waals surface area contributed by atoms with Gasteiger partial charge in [-0.05, 0) is 32.1 Å². The summed E-state index contributed by atoms with van der Waals surface area (Å²) >= 11 is 0. The van der Waals surface area contributed by atoms with Crippen molar-refractivity contribution in [3.8, 4) is 0 Å². The maximum absolute atomic E-state index is 12.3. The van der Waals surface area contributed by atoms with E-state index in [1.165, 1.54) is 0 Å². The third-order valence-corrected chi connectivity index (χ3v) is 3.72. The van der Waals surface area contributed by atoms with E-state index >= 15 is 0 Å². The van der Waals surface area contributed by atoms with Crippen LogP contribution in [0.5, 0.6) is 0 Å². The molecule has 104 valence electrons. The first kappa shape index (κ1) is 15.2. The molecule has 0 aliphatic heterocycles. The minimum absolute atomic E-state index is 0.0459. The van der Waals surface area contributed by atoms with Crippen LogP contribution in [-0.4, -0.2) is 31.1 Å². The Morgan fingerprint density at radius 3 is 2.61 bits per heavy atom. The lowest BCUT2D eigenvalue weighted by Crippen LogP contribution is -2.44. The highest BCUT2D eigenvalue weighted by Gasteiger charge is 2.41. The zero-order chi connectivity index (χ0) is 13.6. The number of carbonyl (C=O) groups excluding carboxylic acids is 2. The SMILES string of the molecule is CCOC(=O)CCC(=O)C1(OC)CCCC(C)C1. The van der Waals surface area contributed by atoms with Crippen LogP contribution in [-0.2, 0) is 19.1 Å². The molecule has 1 saturated carbocycles. The van der Waals surface area contributed by atoms with Gasteiger partial charge in [0.2, 0.25) is 0 Å². The summed E-state index contributed by atoms with van der Waals surface area (Å²) in [6, 6.07) is 0. The molecule has 0 saturated heterocycles. The topological polar surface area (TPSA) is 52.6 Å². The Morgan fingerprint density at radius 2 is 2.06 bits per heavy atom. The Bertz CT molecular complexity index is 300. The van der Waals surface area contributed by atoms with Crippen LogP contribution >= 0.6 is 0 Å². The summed E-state index contributed by atoms with van der Waals surface area (Å²) in [7, 11) is 1.60. The van der Waals surface area contributed by atoms with E-state index in [0.29, 0.717) is 12.5 Å². The molecule has 0 aromatic carbocycles. The summed E-state index contributed by atoms with van der Waals surface area (Å²) in [5.41, 5.74) is -0.663. The predicted octanol–water partition coefficient (Wildman–Crippen LogP) is 2.49. The average Bonchev–Trinajstić information content (AvgIpc) is 2.36. The van der Waals surface area contributed by atoms with Gasteiger partial charge in [0, 0.05) is 13.5 Å². The fourth-order valence-electron chi connectivity index (χ4n) is 2.73. The Labute approximate surface area is 109 Å². The number of hydrogen-bond donors (Lipinski definition) is 0. The number of rotatable bonds is 6. The molecule has 2 unspecified atom stereocenters. The Hall–Kier alpha value is -0.900. The van der Waals surface area contributed by atoms with Crippen molar-refractivity contribution in [2.75, 3.05) is 13.7 Å². The maximum atomic E-state index is 12.3. The van der Waals surface area contributed by atoms with Crippen molar-refractivity contribution in [2.24, 2.45) is 5.92 Å². The summed E-state index contributed by atoms with van der Waals surface area (Å²) in [6.07, 6.45) is 4.09. The van der Waals surface area contributed by atoms with Crippen LogP contribution in [0, 0.1) is 5.92 Å². The van der Waals surface area contributed by atoms with E-state index in [9.17, 15) is 9.59 Å². The van der Waals surface area contributed by atoms with Crippen molar-refractivity contribution < 1.29 is 19.1 Å². The van der Waals surface area contributed by atoms with Gasteiger partial charge >= 0.3 is 5.97 Å². The summed E-state index contributed by atoms with van der Waals surface area (Å²) in [5.74, 6) is 0.246. The maximum Gasteiger partial charge on any atom is 0.306 e. The number of esters is 1. The first-order valence-electron chi connectivity index (χ1n) is 6.78. The molecule has 0 N–H and O–H groups in total. The van der Waals surface area contributed by atoms with E-state index in [-0.39, 0.29) is 24.6 Å². The zero-order valence-electron chi connectivity index (χ0n) is 11.7. The molecule has 18 heavy (non-hydrogen) atoms. The van der Waals surface area contributed by atoms with Crippen LogP contribution < -0.4 is 0 Å². The van der Waals surface area contributed by atoms with Crippen molar-refractivity contribution in [3.63, 3.8) is 0 Å². The second-order valence-electron chi connectivity index (χ2n) is 5.13. The number of methoxy groups -OCH3 is 1. The van der Waals surface area contributed by atoms with E-state index in [1.54, 1.807) is 14.0 Å². The lowest BCUT2D eigenvalue weighted by molar-refractivity contribution is -0.151. The van der Waals surface area contributed by atoms with Gasteiger partial charge in [0.1, 0.15) is 5.60 Å². The molecule has 0 spiro atoms.